The first-order valence-electron chi connectivity index (χ1n) is 27.2. The number of amides is 4. The molecule has 4 fully saturated rings. The smallest absolute Gasteiger partial charge is 0.409 e. The molecule has 3 aliphatic heterocycles. The van der Waals surface area contributed by atoms with Gasteiger partial charge in [-0.2, -0.15) is 0 Å². The van der Waals surface area contributed by atoms with Crippen molar-refractivity contribution >= 4 is 68.7 Å². The summed E-state index contributed by atoms with van der Waals surface area (Å²) in [4.78, 5) is 71.0. The molecule has 10 atom stereocenters. The van der Waals surface area contributed by atoms with Gasteiger partial charge in [-0.25, -0.2) is 9.59 Å². The lowest BCUT2D eigenvalue weighted by Crippen LogP contribution is -2.63. The van der Waals surface area contributed by atoms with Crippen molar-refractivity contribution in [1.82, 2.24) is 15.5 Å². The number of rotatable bonds is 14. The molecule has 4 amide bonds. The predicted octanol–water partition coefficient (Wildman–Crippen LogP) is 10.3. The number of hydrogen-bond acceptors (Lipinski definition) is 13. The standard InChI is InChI=1S/C56H85ClN4O11S2/c1-36-17-15-22-46(69-8)56(67)35-45(70-54(66)59-56)37(2)52-55(4,72-52)47(34-50(64)61(6)43-32-41(31-36)33-44(68-7)51(43)57)71-53(65)38(3)60(5)49(63)28-30-74-73-29-16-23-48(62)58-42-26-24-39-18-11-9-10-12-19-40(25-27-42)21-14-13-20-39/h15,17,22,32-33,37-40,42,45-47,52,67H,9-14,16,18-21,23-31,34-35H2,1-8H3,(H,58,62)(H,59,66)/b22-15+,36-17+/t37-,38+,39?,40?,42?,45+,46-,47+,52+,55+,56+/m1/s1. The Labute approximate surface area is 453 Å². The molecule has 0 aromatic heterocycles. The first-order valence-corrected chi connectivity index (χ1v) is 30.1. The number of anilines is 1. The number of esters is 1. The number of fused-ring (bicyclic) bond motifs is 10. The number of likely N-dealkylation sites (N-methyl/N-ethyl adjacent to an activating group) is 1. The summed E-state index contributed by atoms with van der Waals surface area (Å²) in [6, 6.07) is 2.85. The summed E-state index contributed by atoms with van der Waals surface area (Å²) in [7, 11) is 9.30. The number of aliphatic hydroxyl groups is 1. The minimum Gasteiger partial charge on any atom is -0.495 e. The van der Waals surface area contributed by atoms with E-state index in [1.54, 1.807) is 67.7 Å². The second kappa shape index (κ2) is 28.2. The van der Waals surface area contributed by atoms with Gasteiger partial charge in [0, 0.05) is 63.9 Å². The van der Waals surface area contributed by atoms with Gasteiger partial charge in [-0.1, -0.05) is 128 Å². The summed E-state index contributed by atoms with van der Waals surface area (Å²) >= 11 is 6.84. The van der Waals surface area contributed by atoms with Gasteiger partial charge in [0.2, 0.25) is 17.7 Å². The number of allylic oxidation sites excluding steroid dienone is 3. The van der Waals surface area contributed by atoms with Gasteiger partial charge in [0.15, 0.2) is 5.72 Å². The van der Waals surface area contributed by atoms with E-state index < -0.39 is 65.7 Å². The molecule has 2 saturated carbocycles. The molecule has 5 aliphatic rings. The average molecular weight is 1090 g/mol. The van der Waals surface area contributed by atoms with Crippen molar-refractivity contribution in [2.75, 3.05) is 44.7 Å². The maximum absolute atomic E-state index is 14.4. The van der Waals surface area contributed by atoms with Crippen LogP contribution >= 0.6 is 33.2 Å². The van der Waals surface area contributed by atoms with Crippen molar-refractivity contribution in [3.8, 4) is 5.75 Å². The second-order valence-electron chi connectivity index (χ2n) is 21.8. The lowest BCUT2D eigenvalue weighted by atomic mass is 9.83. The quantitative estimate of drug-likeness (QED) is 0.0693. The van der Waals surface area contributed by atoms with Crippen LogP contribution in [0.25, 0.3) is 0 Å². The molecule has 0 spiro atoms. The maximum Gasteiger partial charge on any atom is 0.409 e. The summed E-state index contributed by atoms with van der Waals surface area (Å²) in [5.41, 5.74) is -0.962. The van der Waals surface area contributed by atoms with Gasteiger partial charge in [0.25, 0.3) is 0 Å². The van der Waals surface area contributed by atoms with Crippen molar-refractivity contribution in [2.45, 2.75) is 204 Å². The van der Waals surface area contributed by atoms with Crippen molar-refractivity contribution in [3.05, 3.63) is 46.5 Å². The number of halogens is 1. The topological polar surface area (TPSA) is 186 Å². The van der Waals surface area contributed by atoms with Gasteiger partial charge < -0.3 is 43.9 Å². The molecule has 2 saturated heterocycles. The fraction of sp³-hybridized carbons (Fsp3) is 0.732. The SMILES string of the molecule is COc1cc2cc(c1Cl)N(C)C(=O)C[C@H](OC(=O)[C@H](C)N(C)C(=O)CCSSCCCC(=O)NC1CCC3CCCCCCC(CCCC3)CC1)[C@]1(C)O[C@H]1[C@H](C)[C@@H]1C[C@@](O)(NC(=O)O1)[C@H](OC)/C=C/C=C(\C)C2. The zero-order chi connectivity index (χ0) is 53.6. The van der Waals surface area contributed by atoms with Gasteiger partial charge in [0.05, 0.1) is 25.3 Å². The Hall–Kier alpha value is -3.48. The highest BCUT2D eigenvalue weighted by Crippen LogP contribution is 2.49. The van der Waals surface area contributed by atoms with Gasteiger partial charge in [-0.05, 0) is 88.8 Å². The van der Waals surface area contributed by atoms with E-state index in [2.05, 4.69) is 10.6 Å². The molecule has 3 N–H and O–H groups in total. The third-order valence-electron chi connectivity index (χ3n) is 16.3. The zero-order valence-electron chi connectivity index (χ0n) is 45.3. The summed E-state index contributed by atoms with van der Waals surface area (Å²) in [6.45, 7) is 7.06. The number of carbonyl (C=O) groups excluding carboxylic acids is 5. The normalized spacial score (nSPS) is 31.9. The number of ether oxygens (including phenoxy) is 5. The highest BCUT2D eigenvalue weighted by Gasteiger charge is 2.64. The van der Waals surface area contributed by atoms with Crippen LogP contribution in [0.15, 0.2) is 35.9 Å². The van der Waals surface area contributed by atoms with Gasteiger partial charge in [0.1, 0.15) is 40.7 Å². The number of hydrogen-bond donors (Lipinski definition) is 3. The summed E-state index contributed by atoms with van der Waals surface area (Å²) in [5, 5.41) is 18.1. The number of nitrogens with zero attached hydrogens (tertiary/aromatic N) is 2. The summed E-state index contributed by atoms with van der Waals surface area (Å²) in [6.07, 6.45) is 20.3. The summed E-state index contributed by atoms with van der Waals surface area (Å²) in [5.74, 6) is 1.42. The fourth-order valence-electron chi connectivity index (χ4n) is 11.3. The third kappa shape index (κ3) is 16.5. The van der Waals surface area contributed by atoms with Crippen LogP contribution in [0.5, 0.6) is 5.75 Å². The van der Waals surface area contributed by atoms with E-state index in [9.17, 15) is 29.1 Å². The van der Waals surface area contributed by atoms with Crippen molar-refractivity contribution in [1.29, 1.82) is 0 Å². The minimum absolute atomic E-state index is 0.0590. The van der Waals surface area contributed by atoms with E-state index in [-0.39, 0.29) is 42.1 Å². The summed E-state index contributed by atoms with van der Waals surface area (Å²) < 4.78 is 29.6. The number of methoxy groups -OCH3 is 2. The first kappa shape index (κ1) is 59.8. The van der Waals surface area contributed by atoms with E-state index >= 15 is 0 Å². The Balaban J connectivity index is 1.05. The van der Waals surface area contributed by atoms with Crippen LogP contribution in [0, 0.1) is 17.8 Å². The van der Waals surface area contributed by atoms with Crippen molar-refractivity contribution < 1.29 is 52.8 Å². The Morgan fingerprint density at radius 2 is 1.62 bits per heavy atom. The molecule has 2 aliphatic carbocycles. The van der Waals surface area contributed by atoms with Crippen molar-refractivity contribution in [3.63, 3.8) is 0 Å². The minimum atomic E-state index is -1.84. The van der Waals surface area contributed by atoms with Crippen LogP contribution in [-0.4, -0.2) is 127 Å². The molecular formula is C56H85ClN4O11S2. The van der Waals surface area contributed by atoms with Crippen LogP contribution < -0.4 is 20.3 Å². The average Bonchev–Trinajstić information content (AvgIpc) is 4.07. The lowest BCUT2D eigenvalue weighted by Gasteiger charge is -2.42. The molecule has 18 heteroatoms. The number of benzene rings is 1. The number of alkyl carbamates (subject to hydrolysis) is 1. The second-order valence-corrected chi connectivity index (χ2v) is 24.9. The number of carbonyl (C=O) groups is 5. The largest absolute Gasteiger partial charge is 0.495 e. The van der Waals surface area contributed by atoms with Gasteiger partial charge >= 0.3 is 12.1 Å². The predicted molar refractivity (Wildman–Crippen MR) is 293 cm³/mol. The molecule has 1 aromatic carbocycles. The zero-order valence-corrected chi connectivity index (χ0v) is 47.6. The van der Waals surface area contributed by atoms with Crippen LogP contribution in [0.1, 0.15) is 155 Å². The van der Waals surface area contributed by atoms with Crippen molar-refractivity contribution in [2.24, 2.45) is 17.8 Å². The molecule has 6 rings (SSSR count). The Kier molecular flexibility index (Phi) is 22.8. The molecule has 1 aromatic rings. The molecule has 74 heavy (non-hydrogen) atoms. The molecule has 0 radical (unpaired) electrons. The molecule has 3 heterocycles. The molecule has 6 bridgehead atoms. The van der Waals surface area contributed by atoms with E-state index in [0.29, 0.717) is 30.0 Å². The maximum atomic E-state index is 14.4. The van der Waals surface area contributed by atoms with Crippen LogP contribution in [0.2, 0.25) is 5.02 Å². The van der Waals surface area contributed by atoms with Gasteiger partial charge in [-0.15, -0.1) is 0 Å². The molecule has 2 unspecified atom stereocenters. The highest BCUT2D eigenvalue weighted by molar-refractivity contribution is 8.76. The first-order chi connectivity index (χ1) is 35.3. The van der Waals surface area contributed by atoms with Gasteiger partial charge in [-0.3, -0.25) is 19.7 Å². The number of epoxide rings is 1. The van der Waals surface area contributed by atoms with Crippen LogP contribution in [0.4, 0.5) is 10.5 Å². The highest BCUT2D eigenvalue weighted by atomic mass is 35.5. The molecule has 15 nitrogen and oxygen atoms in total. The molecular weight excluding hydrogens is 1000 g/mol. The van der Waals surface area contributed by atoms with E-state index in [1.165, 1.54) is 101 Å². The molecule has 414 valence electrons. The van der Waals surface area contributed by atoms with E-state index in [4.69, 9.17) is 35.3 Å². The Morgan fingerprint density at radius 3 is 2.27 bits per heavy atom. The third-order valence-corrected chi connectivity index (χ3v) is 19.2. The van der Waals surface area contributed by atoms with E-state index in [0.717, 1.165) is 48.0 Å². The monoisotopic (exact) mass is 1090 g/mol. The van der Waals surface area contributed by atoms with Crippen LogP contribution in [0.3, 0.4) is 0 Å². The fourth-order valence-corrected chi connectivity index (χ4v) is 13.7. The van der Waals surface area contributed by atoms with Crippen LogP contribution in [-0.2, 0) is 44.5 Å². The van der Waals surface area contributed by atoms with E-state index in [1.807, 2.05) is 26.0 Å². The number of nitrogens with one attached hydrogen (secondary N) is 2. The lowest BCUT2D eigenvalue weighted by molar-refractivity contribution is -0.162. The Morgan fingerprint density at radius 1 is 0.973 bits per heavy atom. The Bertz CT molecular complexity index is 2130.